The quantitative estimate of drug-likeness (QED) is 0.200. The van der Waals surface area contributed by atoms with E-state index in [0.29, 0.717) is 0 Å². The Kier molecular flexibility index (Phi) is 4.35. The summed E-state index contributed by atoms with van der Waals surface area (Å²) in [6.07, 6.45) is 0. The van der Waals surface area contributed by atoms with Gasteiger partial charge in [-0.3, -0.25) is 0 Å². The van der Waals surface area contributed by atoms with E-state index in [4.69, 9.17) is 0 Å². The second-order valence-corrected chi connectivity index (χ2v) is 11.5. The van der Waals surface area contributed by atoms with Crippen molar-refractivity contribution < 1.29 is 0 Å². The zero-order valence-corrected chi connectivity index (χ0v) is 22.0. The molecule has 0 N–H and O–H groups in total. The molecule has 0 amide bonds. The van der Waals surface area contributed by atoms with Crippen LogP contribution in [0.2, 0.25) is 0 Å². The van der Waals surface area contributed by atoms with Crippen LogP contribution >= 0.6 is 11.3 Å². The first kappa shape index (κ1) is 21.4. The lowest BCUT2D eigenvalue weighted by Crippen LogP contribution is -2.59. The van der Waals surface area contributed by atoms with Crippen LogP contribution in [0.1, 0.15) is 0 Å². The highest BCUT2D eigenvalue weighted by Crippen LogP contribution is 2.46. The molecule has 3 heteroatoms. The summed E-state index contributed by atoms with van der Waals surface area (Å²) in [4.78, 5) is 2.57. The predicted octanol–water partition coefficient (Wildman–Crippen LogP) is 8.63. The average Bonchev–Trinajstić information content (AvgIpc) is 3.39. The van der Waals surface area contributed by atoms with Crippen molar-refractivity contribution in [1.82, 2.24) is 0 Å². The minimum absolute atomic E-state index is 0.113. The predicted molar refractivity (Wildman–Crippen MR) is 169 cm³/mol. The molecule has 1 aromatic heterocycles. The van der Waals surface area contributed by atoms with E-state index in [9.17, 15) is 0 Å². The molecule has 0 spiro atoms. The SMILES string of the molecule is c1ccc2c(c1)B1c3cc(-c4cccc5c4sc4ccccc45)ccc3-c3ccccc3N1c1ccccc1-2. The first-order valence-corrected chi connectivity index (χ1v) is 14.3. The molecule has 2 aliphatic heterocycles. The minimum atomic E-state index is 0.113. The summed E-state index contributed by atoms with van der Waals surface area (Å²) in [6.45, 7) is 0.113. The van der Waals surface area contributed by atoms with E-state index in [2.05, 4.69) is 138 Å². The molecule has 0 saturated carbocycles. The van der Waals surface area contributed by atoms with Crippen LogP contribution < -0.4 is 15.7 Å². The summed E-state index contributed by atoms with van der Waals surface area (Å²) in [7, 11) is 0. The molecule has 39 heavy (non-hydrogen) atoms. The Labute approximate surface area is 231 Å². The maximum absolute atomic E-state index is 2.57. The van der Waals surface area contributed by atoms with Crippen LogP contribution in [0.3, 0.4) is 0 Å². The number of anilines is 2. The van der Waals surface area contributed by atoms with Crippen molar-refractivity contribution in [2.75, 3.05) is 4.81 Å². The molecule has 0 saturated heterocycles. The summed E-state index contributed by atoms with van der Waals surface area (Å²) >= 11 is 1.90. The molecule has 2 aliphatic rings. The van der Waals surface area contributed by atoms with E-state index in [0.717, 1.165) is 0 Å². The summed E-state index contributed by atoms with van der Waals surface area (Å²) in [5.74, 6) is 0. The second kappa shape index (κ2) is 7.95. The first-order valence-electron chi connectivity index (χ1n) is 13.5. The van der Waals surface area contributed by atoms with Gasteiger partial charge in [-0.25, -0.2) is 0 Å². The number of thiophene rings is 1. The minimum Gasteiger partial charge on any atom is -0.376 e. The van der Waals surface area contributed by atoms with E-state index in [-0.39, 0.29) is 6.85 Å². The molecule has 0 unspecified atom stereocenters. The van der Waals surface area contributed by atoms with Gasteiger partial charge in [0, 0.05) is 42.7 Å². The van der Waals surface area contributed by atoms with E-state index in [1.165, 1.54) is 75.9 Å². The number of para-hydroxylation sites is 2. The number of hydrogen-bond acceptors (Lipinski definition) is 2. The number of nitrogens with zero attached hydrogens (tertiary/aromatic N) is 1. The fourth-order valence-corrected chi connectivity index (χ4v) is 8.07. The van der Waals surface area contributed by atoms with Gasteiger partial charge in [-0.05, 0) is 51.4 Å². The molecule has 0 aliphatic carbocycles. The highest BCUT2D eigenvalue weighted by molar-refractivity contribution is 7.26. The lowest BCUT2D eigenvalue weighted by atomic mass is 9.43. The van der Waals surface area contributed by atoms with Crippen molar-refractivity contribution in [1.29, 1.82) is 0 Å². The van der Waals surface area contributed by atoms with E-state index in [1.807, 2.05) is 11.3 Å². The van der Waals surface area contributed by atoms with Gasteiger partial charge in [0.1, 0.15) is 0 Å². The van der Waals surface area contributed by atoms with Gasteiger partial charge in [0.2, 0.25) is 0 Å². The number of fused-ring (bicyclic) bond motifs is 14. The molecule has 0 atom stereocenters. The third-order valence-corrected chi connectivity index (χ3v) is 9.70. The second-order valence-electron chi connectivity index (χ2n) is 10.5. The van der Waals surface area contributed by atoms with Crippen molar-refractivity contribution in [2.24, 2.45) is 0 Å². The topological polar surface area (TPSA) is 3.24 Å². The van der Waals surface area contributed by atoms with E-state index in [1.54, 1.807) is 0 Å². The maximum Gasteiger partial charge on any atom is 0.329 e. The van der Waals surface area contributed by atoms with Crippen molar-refractivity contribution in [2.45, 2.75) is 0 Å². The smallest absolute Gasteiger partial charge is 0.329 e. The molecule has 0 fully saturated rings. The van der Waals surface area contributed by atoms with E-state index >= 15 is 0 Å². The molecular formula is C36H22BNS. The van der Waals surface area contributed by atoms with Crippen LogP contribution in [0.15, 0.2) is 133 Å². The van der Waals surface area contributed by atoms with Crippen molar-refractivity contribution >= 4 is 60.7 Å². The summed E-state index contributed by atoms with van der Waals surface area (Å²) in [5.41, 5.74) is 13.1. The Balaban J connectivity index is 1.34. The Morgan fingerprint density at radius 2 is 1.08 bits per heavy atom. The van der Waals surface area contributed by atoms with Gasteiger partial charge in [-0.15, -0.1) is 11.3 Å². The monoisotopic (exact) mass is 511 g/mol. The standard InChI is InChI=1S/C36H22BNS/c1-5-16-31-25(10-1)27-11-2-6-17-33(27)38-34-18-7-3-12-28(34)26-21-20-23(22-32(26)37(31)38)24-14-9-15-30-29-13-4-8-19-35(29)39-36(24)30/h1-22H. The Hall–Kier alpha value is -4.60. The van der Waals surface area contributed by atoms with Crippen LogP contribution in [0, 0.1) is 0 Å². The third-order valence-electron chi connectivity index (χ3n) is 8.48. The molecule has 0 radical (unpaired) electrons. The van der Waals surface area contributed by atoms with Gasteiger partial charge >= 0.3 is 6.85 Å². The summed E-state index contributed by atoms with van der Waals surface area (Å²) in [5, 5.41) is 2.69. The Morgan fingerprint density at radius 1 is 0.462 bits per heavy atom. The lowest BCUT2D eigenvalue weighted by molar-refractivity contribution is 1.35. The number of hydrogen-bond donors (Lipinski definition) is 0. The summed E-state index contributed by atoms with van der Waals surface area (Å²) < 4.78 is 2.71. The van der Waals surface area contributed by atoms with Crippen LogP contribution in [0.5, 0.6) is 0 Å². The number of rotatable bonds is 1. The van der Waals surface area contributed by atoms with Gasteiger partial charge in [-0.2, -0.15) is 0 Å². The fraction of sp³-hybridized carbons (Fsp3) is 0. The molecule has 9 rings (SSSR count). The zero-order chi connectivity index (χ0) is 25.5. The lowest BCUT2D eigenvalue weighted by Gasteiger charge is -2.43. The average molecular weight is 511 g/mol. The van der Waals surface area contributed by atoms with Gasteiger partial charge in [-0.1, -0.05) is 115 Å². The normalized spacial score (nSPS) is 13.0. The highest BCUT2D eigenvalue weighted by Gasteiger charge is 2.42. The Morgan fingerprint density at radius 3 is 1.90 bits per heavy atom. The molecule has 3 heterocycles. The van der Waals surface area contributed by atoms with Gasteiger partial charge in [0.25, 0.3) is 0 Å². The van der Waals surface area contributed by atoms with Gasteiger partial charge in [0.05, 0.1) is 0 Å². The van der Waals surface area contributed by atoms with Crippen LogP contribution in [-0.4, -0.2) is 6.85 Å². The highest BCUT2D eigenvalue weighted by atomic mass is 32.1. The largest absolute Gasteiger partial charge is 0.376 e. The maximum atomic E-state index is 2.57. The molecule has 1 nitrogen and oxygen atoms in total. The first-order chi connectivity index (χ1) is 19.4. The molecule has 6 aromatic carbocycles. The van der Waals surface area contributed by atoms with Crippen molar-refractivity contribution in [3.05, 3.63) is 133 Å². The molecule has 7 aromatic rings. The third kappa shape index (κ3) is 2.91. The van der Waals surface area contributed by atoms with Crippen LogP contribution in [-0.2, 0) is 0 Å². The van der Waals surface area contributed by atoms with Crippen molar-refractivity contribution in [3.8, 4) is 33.4 Å². The fourth-order valence-electron chi connectivity index (χ4n) is 6.83. The van der Waals surface area contributed by atoms with Crippen LogP contribution in [0.4, 0.5) is 11.4 Å². The summed E-state index contributed by atoms with van der Waals surface area (Å²) in [6, 6.07) is 49.4. The van der Waals surface area contributed by atoms with Crippen molar-refractivity contribution in [3.63, 3.8) is 0 Å². The van der Waals surface area contributed by atoms with Gasteiger partial charge in [0.15, 0.2) is 0 Å². The van der Waals surface area contributed by atoms with Crippen LogP contribution in [0.25, 0.3) is 53.6 Å². The van der Waals surface area contributed by atoms with E-state index < -0.39 is 0 Å². The Bertz CT molecular complexity index is 2110. The zero-order valence-electron chi connectivity index (χ0n) is 21.1. The molecular weight excluding hydrogens is 489 g/mol. The number of benzene rings is 6. The molecule has 0 bridgehead atoms. The molecule has 180 valence electrons. The van der Waals surface area contributed by atoms with Gasteiger partial charge < -0.3 is 4.81 Å².